The van der Waals surface area contributed by atoms with Gasteiger partial charge in [0, 0.05) is 13.0 Å². The quantitative estimate of drug-likeness (QED) is 0.589. The molecule has 7 nitrogen and oxygen atoms in total. The fourth-order valence-corrected chi connectivity index (χ4v) is 1.53. The molecule has 0 fully saturated rings. The van der Waals surface area contributed by atoms with Gasteiger partial charge in [-0.2, -0.15) is 0 Å². The van der Waals surface area contributed by atoms with Crippen molar-refractivity contribution in [3.8, 4) is 0 Å². The van der Waals surface area contributed by atoms with E-state index in [1.165, 1.54) is 0 Å². The lowest BCUT2D eigenvalue weighted by molar-refractivity contribution is -0.123. The summed E-state index contributed by atoms with van der Waals surface area (Å²) < 4.78 is 0. The van der Waals surface area contributed by atoms with Gasteiger partial charge < -0.3 is 16.8 Å². The molecule has 1 aromatic carbocycles. The fourth-order valence-electron chi connectivity index (χ4n) is 1.53. The van der Waals surface area contributed by atoms with Gasteiger partial charge in [-0.15, -0.1) is 0 Å². The van der Waals surface area contributed by atoms with E-state index in [1.54, 1.807) is 12.1 Å². The second-order valence-corrected chi connectivity index (χ2v) is 4.34. The molecular formula is C13H18N4O3. The second kappa shape index (κ2) is 7.25. The van der Waals surface area contributed by atoms with Gasteiger partial charge in [0.25, 0.3) is 0 Å². The Bertz CT molecular complexity index is 499. The number of amides is 4. The number of primary amides is 1. The van der Waals surface area contributed by atoms with Crippen LogP contribution in [0.15, 0.2) is 24.3 Å². The number of hydrogen-bond acceptors (Lipinski definition) is 4. The first-order chi connectivity index (χ1) is 9.40. The summed E-state index contributed by atoms with van der Waals surface area (Å²) >= 11 is 0. The molecule has 6 N–H and O–H groups in total. The van der Waals surface area contributed by atoms with Crippen molar-refractivity contribution in [2.45, 2.75) is 19.4 Å². The number of carbonyl (C=O) groups is 3. The summed E-state index contributed by atoms with van der Waals surface area (Å²) in [6.45, 7) is 2.02. The number of rotatable bonds is 5. The van der Waals surface area contributed by atoms with E-state index in [-0.39, 0.29) is 18.9 Å². The van der Waals surface area contributed by atoms with Crippen LogP contribution in [0, 0.1) is 6.92 Å². The molecule has 0 aromatic heterocycles. The summed E-state index contributed by atoms with van der Waals surface area (Å²) in [5.41, 5.74) is 12.3. The first kappa shape index (κ1) is 15.6. The minimum atomic E-state index is -0.919. The van der Waals surface area contributed by atoms with Gasteiger partial charge in [0.15, 0.2) is 0 Å². The van der Waals surface area contributed by atoms with Gasteiger partial charge in [-0.3, -0.25) is 14.9 Å². The number of carbonyl (C=O) groups excluding carboxylic acids is 3. The molecule has 4 amide bonds. The van der Waals surface area contributed by atoms with Crippen molar-refractivity contribution in [2.75, 3.05) is 6.54 Å². The van der Waals surface area contributed by atoms with E-state index in [2.05, 4.69) is 5.32 Å². The molecule has 0 aliphatic heterocycles. The van der Waals surface area contributed by atoms with Crippen molar-refractivity contribution in [1.82, 2.24) is 10.6 Å². The largest absolute Gasteiger partial charge is 0.354 e. The van der Waals surface area contributed by atoms with Crippen LogP contribution in [-0.4, -0.2) is 24.4 Å². The van der Waals surface area contributed by atoms with E-state index in [0.717, 1.165) is 5.56 Å². The summed E-state index contributed by atoms with van der Waals surface area (Å²) in [6.07, 6.45) is -0.0463. The minimum absolute atomic E-state index is 0.0463. The molecule has 0 spiro atoms. The van der Waals surface area contributed by atoms with Crippen LogP contribution in [0.3, 0.4) is 0 Å². The predicted molar refractivity (Wildman–Crippen MR) is 73.5 cm³/mol. The molecule has 1 unspecified atom stereocenters. The Kier molecular flexibility index (Phi) is 5.67. The predicted octanol–water partition coefficient (Wildman–Crippen LogP) is -0.304. The summed E-state index contributed by atoms with van der Waals surface area (Å²) in [6, 6.07) is 5.57. The average molecular weight is 278 g/mol. The van der Waals surface area contributed by atoms with Crippen LogP contribution in [0.25, 0.3) is 0 Å². The molecule has 108 valence electrons. The standard InChI is InChI=1S/C13H18N4O3/c1-8-2-4-9(5-3-8)11(14)12(19)16-7-6-10(18)17-13(15)20/h2-5,11H,6-7,14H2,1H3,(H,16,19)(H3,15,17,18,20). The number of imide groups is 1. The molecule has 0 saturated heterocycles. The van der Waals surface area contributed by atoms with Crippen molar-refractivity contribution < 1.29 is 14.4 Å². The lowest BCUT2D eigenvalue weighted by atomic mass is 10.1. The third-order valence-corrected chi connectivity index (χ3v) is 2.63. The summed E-state index contributed by atoms with van der Waals surface area (Å²) in [5.74, 6) is -0.942. The number of nitrogens with two attached hydrogens (primary N) is 2. The van der Waals surface area contributed by atoms with Gasteiger partial charge in [0.1, 0.15) is 6.04 Å². The van der Waals surface area contributed by atoms with E-state index in [1.807, 2.05) is 24.4 Å². The minimum Gasteiger partial charge on any atom is -0.354 e. The Balaban J connectivity index is 2.41. The fraction of sp³-hybridized carbons (Fsp3) is 0.308. The highest BCUT2D eigenvalue weighted by atomic mass is 16.2. The highest BCUT2D eigenvalue weighted by molar-refractivity contribution is 5.93. The number of hydrogen-bond donors (Lipinski definition) is 4. The maximum absolute atomic E-state index is 11.8. The Morgan fingerprint density at radius 1 is 1.20 bits per heavy atom. The molecule has 1 aromatic rings. The SMILES string of the molecule is Cc1ccc(C(N)C(=O)NCCC(=O)NC(N)=O)cc1. The average Bonchev–Trinajstić information content (AvgIpc) is 2.37. The lowest BCUT2D eigenvalue weighted by Gasteiger charge is -2.12. The molecule has 1 atom stereocenters. The van der Waals surface area contributed by atoms with Crippen LogP contribution in [0.5, 0.6) is 0 Å². The van der Waals surface area contributed by atoms with Gasteiger partial charge in [0.2, 0.25) is 11.8 Å². The number of nitrogens with one attached hydrogen (secondary N) is 2. The molecule has 0 heterocycles. The molecule has 20 heavy (non-hydrogen) atoms. The second-order valence-electron chi connectivity index (χ2n) is 4.34. The van der Waals surface area contributed by atoms with E-state index >= 15 is 0 Å². The van der Waals surface area contributed by atoms with Crippen LogP contribution in [-0.2, 0) is 9.59 Å². The molecule has 0 radical (unpaired) electrons. The molecule has 0 aliphatic carbocycles. The van der Waals surface area contributed by atoms with Crippen LogP contribution in [0.4, 0.5) is 4.79 Å². The van der Waals surface area contributed by atoms with E-state index < -0.39 is 18.0 Å². The van der Waals surface area contributed by atoms with Crippen LogP contribution >= 0.6 is 0 Å². The van der Waals surface area contributed by atoms with Crippen LogP contribution in [0.2, 0.25) is 0 Å². The zero-order valence-electron chi connectivity index (χ0n) is 11.2. The topological polar surface area (TPSA) is 127 Å². The first-order valence-electron chi connectivity index (χ1n) is 6.09. The maximum atomic E-state index is 11.8. The normalized spacial score (nSPS) is 11.5. The van der Waals surface area contributed by atoms with E-state index in [4.69, 9.17) is 11.5 Å². The summed E-state index contributed by atoms with van der Waals surface area (Å²) in [5, 5.41) is 4.42. The lowest BCUT2D eigenvalue weighted by Crippen LogP contribution is -2.39. The van der Waals surface area contributed by atoms with Gasteiger partial charge in [-0.05, 0) is 12.5 Å². The van der Waals surface area contributed by atoms with Crippen molar-refractivity contribution >= 4 is 17.8 Å². The Labute approximate surface area is 116 Å². The first-order valence-corrected chi connectivity index (χ1v) is 6.09. The van der Waals surface area contributed by atoms with Crippen molar-refractivity contribution in [1.29, 1.82) is 0 Å². The van der Waals surface area contributed by atoms with Gasteiger partial charge >= 0.3 is 6.03 Å². The van der Waals surface area contributed by atoms with Crippen molar-refractivity contribution in [3.05, 3.63) is 35.4 Å². The molecule has 0 saturated carbocycles. The van der Waals surface area contributed by atoms with Gasteiger partial charge in [-0.25, -0.2) is 4.79 Å². The number of benzene rings is 1. The smallest absolute Gasteiger partial charge is 0.318 e. The summed E-state index contributed by atoms with van der Waals surface area (Å²) in [7, 11) is 0. The van der Waals surface area contributed by atoms with E-state index in [9.17, 15) is 14.4 Å². The summed E-state index contributed by atoms with van der Waals surface area (Å²) in [4.78, 5) is 33.3. The van der Waals surface area contributed by atoms with Crippen LogP contribution in [0.1, 0.15) is 23.6 Å². The highest BCUT2D eigenvalue weighted by Crippen LogP contribution is 2.11. The zero-order chi connectivity index (χ0) is 15.1. The van der Waals surface area contributed by atoms with Gasteiger partial charge in [-0.1, -0.05) is 29.8 Å². The molecule has 7 heteroatoms. The van der Waals surface area contributed by atoms with Crippen molar-refractivity contribution in [2.24, 2.45) is 11.5 Å². The Morgan fingerprint density at radius 3 is 2.35 bits per heavy atom. The van der Waals surface area contributed by atoms with E-state index in [0.29, 0.717) is 5.56 Å². The number of urea groups is 1. The molecule has 0 bridgehead atoms. The third kappa shape index (κ3) is 5.07. The Hall–Kier alpha value is -2.41. The molecular weight excluding hydrogens is 260 g/mol. The van der Waals surface area contributed by atoms with Crippen LogP contribution < -0.4 is 22.1 Å². The molecule has 0 aliphatic rings. The van der Waals surface area contributed by atoms with Gasteiger partial charge in [0.05, 0.1) is 0 Å². The third-order valence-electron chi connectivity index (χ3n) is 2.63. The Morgan fingerprint density at radius 2 is 1.80 bits per heavy atom. The monoisotopic (exact) mass is 278 g/mol. The van der Waals surface area contributed by atoms with Crippen molar-refractivity contribution in [3.63, 3.8) is 0 Å². The highest BCUT2D eigenvalue weighted by Gasteiger charge is 2.15. The maximum Gasteiger partial charge on any atom is 0.318 e. The molecule has 1 rings (SSSR count). The number of aryl methyl sites for hydroxylation is 1. The zero-order valence-corrected chi connectivity index (χ0v) is 11.2.